The quantitative estimate of drug-likeness (QED) is 0.376. The molecular weight excluding hydrogens is 430 g/mol. The Morgan fingerprint density at radius 3 is 2.68 bits per heavy atom. The fourth-order valence-corrected chi connectivity index (χ4v) is 4.66. The number of ether oxygens (including phenoxy) is 1. The Hall–Kier alpha value is -3.85. The number of hydrogen-bond acceptors (Lipinski definition) is 7. The summed E-state index contributed by atoms with van der Waals surface area (Å²) < 4.78 is 8.70. The van der Waals surface area contributed by atoms with E-state index in [1.165, 1.54) is 22.4 Å². The number of fused-ring (bicyclic) bond motifs is 1. The third kappa shape index (κ3) is 4.34. The van der Waals surface area contributed by atoms with Gasteiger partial charge in [0, 0.05) is 37.3 Å². The molecule has 0 saturated heterocycles. The minimum absolute atomic E-state index is 0.331. The summed E-state index contributed by atoms with van der Waals surface area (Å²) in [5.41, 5.74) is 9.28. The predicted molar refractivity (Wildman–Crippen MR) is 126 cm³/mol. The van der Waals surface area contributed by atoms with Crippen molar-refractivity contribution >= 4 is 6.47 Å². The summed E-state index contributed by atoms with van der Waals surface area (Å²) in [7, 11) is 0. The van der Waals surface area contributed by atoms with Crippen LogP contribution in [0.4, 0.5) is 0 Å². The van der Waals surface area contributed by atoms with Gasteiger partial charge in [-0.05, 0) is 77.2 Å². The number of tetrazole rings is 1. The van der Waals surface area contributed by atoms with Gasteiger partial charge in [0.25, 0.3) is 6.47 Å². The standard InChI is InChI=1S/C25H27N7O2/c1-18-3-4-20(19(2)24(18)15-34-17-33)9-11-30-12-10-25-21(14-30)13-27-32(25)23-7-5-22(6-8-23)31-16-26-28-29-31/h3-8,13,16-17H,9-12,14-15H2,1-2H3. The van der Waals surface area contributed by atoms with Gasteiger partial charge in [-0.2, -0.15) is 5.10 Å². The second kappa shape index (κ2) is 9.56. The zero-order valence-corrected chi connectivity index (χ0v) is 19.4. The molecule has 5 rings (SSSR count). The van der Waals surface area contributed by atoms with E-state index in [1.807, 2.05) is 35.1 Å². The predicted octanol–water partition coefficient (Wildman–Crippen LogP) is 2.74. The van der Waals surface area contributed by atoms with Crippen molar-refractivity contribution in [1.29, 1.82) is 0 Å². The molecule has 0 aliphatic carbocycles. The Kier molecular flexibility index (Phi) is 6.18. The molecule has 2 aromatic carbocycles. The van der Waals surface area contributed by atoms with Crippen LogP contribution in [0.5, 0.6) is 0 Å². The lowest BCUT2D eigenvalue weighted by Crippen LogP contribution is -2.32. The third-order valence-electron chi connectivity index (χ3n) is 6.66. The minimum atomic E-state index is 0.331. The molecule has 0 fully saturated rings. The molecule has 34 heavy (non-hydrogen) atoms. The summed E-state index contributed by atoms with van der Waals surface area (Å²) in [4.78, 5) is 13.1. The molecule has 0 radical (unpaired) electrons. The van der Waals surface area contributed by atoms with Crippen molar-refractivity contribution in [3.63, 3.8) is 0 Å². The number of benzene rings is 2. The lowest BCUT2D eigenvalue weighted by atomic mass is 9.96. The Morgan fingerprint density at radius 2 is 1.91 bits per heavy atom. The molecule has 4 aromatic rings. The highest BCUT2D eigenvalue weighted by molar-refractivity contribution is 5.43. The highest BCUT2D eigenvalue weighted by atomic mass is 16.5. The normalized spacial score (nSPS) is 13.6. The molecular formula is C25H27N7O2. The van der Waals surface area contributed by atoms with E-state index in [0.29, 0.717) is 13.1 Å². The molecule has 1 aliphatic rings. The second-order valence-electron chi connectivity index (χ2n) is 8.63. The van der Waals surface area contributed by atoms with Crippen molar-refractivity contribution in [2.45, 2.75) is 39.8 Å². The van der Waals surface area contributed by atoms with Gasteiger partial charge in [-0.15, -0.1) is 5.10 Å². The first-order chi connectivity index (χ1) is 16.6. The van der Waals surface area contributed by atoms with Crippen LogP contribution < -0.4 is 0 Å². The Balaban J connectivity index is 1.25. The summed E-state index contributed by atoms with van der Waals surface area (Å²) in [6.07, 6.45) is 5.48. The summed E-state index contributed by atoms with van der Waals surface area (Å²) in [5.74, 6) is 0. The monoisotopic (exact) mass is 457 g/mol. The number of carbonyl (C=O) groups is 1. The minimum Gasteiger partial charge on any atom is -0.463 e. The molecule has 3 heterocycles. The van der Waals surface area contributed by atoms with Crippen molar-refractivity contribution in [2.24, 2.45) is 0 Å². The Labute approximate surface area is 198 Å². The Morgan fingerprint density at radius 1 is 1.09 bits per heavy atom. The summed E-state index contributed by atoms with van der Waals surface area (Å²) in [6, 6.07) is 12.4. The average Bonchev–Trinajstić information content (AvgIpc) is 3.54. The van der Waals surface area contributed by atoms with Crippen LogP contribution in [0.25, 0.3) is 11.4 Å². The van der Waals surface area contributed by atoms with E-state index in [1.54, 1.807) is 11.0 Å². The molecule has 1 aliphatic heterocycles. The molecule has 9 heteroatoms. The number of rotatable bonds is 8. The molecule has 0 spiro atoms. The highest BCUT2D eigenvalue weighted by Crippen LogP contribution is 2.24. The first-order valence-corrected chi connectivity index (χ1v) is 11.4. The van der Waals surface area contributed by atoms with E-state index < -0.39 is 0 Å². The van der Waals surface area contributed by atoms with Crippen molar-refractivity contribution in [3.8, 4) is 11.4 Å². The number of hydrogen-bond donors (Lipinski definition) is 0. The van der Waals surface area contributed by atoms with Gasteiger partial charge in [-0.25, -0.2) is 9.36 Å². The van der Waals surface area contributed by atoms with Crippen LogP contribution >= 0.6 is 0 Å². The van der Waals surface area contributed by atoms with Gasteiger partial charge < -0.3 is 4.74 Å². The zero-order chi connectivity index (χ0) is 23.5. The summed E-state index contributed by atoms with van der Waals surface area (Å²) in [6.45, 7) is 7.89. The van der Waals surface area contributed by atoms with E-state index in [0.717, 1.165) is 55.0 Å². The van der Waals surface area contributed by atoms with Crippen LogP contribution in [0.15, 0.2) is 48.9 Å². The first kappa shape index (κ1) is 22.0. The lowest BCUT2D eigenvalue weighted by molar-refractivity contribution is -0.129. The topological polar surface area (TPSA) is 91.0 Å². The van der Waals surface area contributed by atoms with Crippen LogP contribution in [0, 0.1) is 13.8 Å². The van der Waals surface area contributed by atoms with Gasteiger partial charge in [0.05, 0.1) is 17.6 Å². The average molecular weight is 458 g/mol. The van der Waals surface area contributed by atoms with Crippen LogP contribution in [0.1, 0.15) is 33.5 Å². The highest BCUT2D eigenvalue weighted by Gasteiger charge is 2.21. The van der Waals surface area contributed by atoms with E-state index in [-0.39, 0.29) is 0 Å². The molecule has 0 amide bonds. The molecule has 0 atom stereocenters. The van der Waals surface area contributed by atoms with Crippen molar-refractivity contribution in [3.05, 3.63) is 82.4 Å². The van der Waals surface area contributed by atoms with Crippen molar-refractivity contribution in [1.82, 2.24) is 34.9 Å². The van der Waals surface area contributed by atoms with Crippen LogP contribution in [0.2, 0.25) is 0 Å². The molecule has 0 bridgehead atoms. The van der Waals surface area contributed by atoms with Gasteiger partial charge >= 0.3 is 0 Å². The van der Waals surface area contributed by atoms with Gasteiger partial charge in [0.1, 0.15) is 12.9 Å². The molecule has 2 aromatic heterocycles. The number of nitrogens with zero attached hydrogens (tertiary/aromatic N) is 7. The summed E-state index contributed by atoms with van der Waals surface area (Å²) in [5, 5.41) is 16.0. The fourth-order valence-electron chi connectivity index (χ4n) is 4.66. The lowest BCUT2D eigenvalue weighted by Gasteiger charge is -2.27. The molecule has 0 saturated carbocycles. The van der Waals surface area contributed by atoms with E-state index in [4.69, 9.17) is 4.74 Å². The SMILES string of the molecule is Cc1ccc(CCN2CCc3c(cnn3-c3ccc(-n4cnnn4)cc3)C2)c(C)c1COC=O. The smallest absolute Gasteiger partial charge is 0.293 e. The van der Waals surface area contributed by atoms with Gasteiger partial charge in [-0.3, -0.25) is 9.69 Å². The maximum absolute atomic E-state index is 10.6. The van der Waals surface area contributed by atoms with Crippen molar-refractivity contribution in [2.75, 3.05) is 13.1 Å². The van der Waals surface area contributed by atoms with Crippen LogP contribution in [-0.4, -0.2) is 54.4 Å². The van der Waals surface area contributed by atoms with Crippen LogP contribution in [-0.2, 0) is 35.5 Å². The van der Waals surface area contributed by atoms with Crippen LogP contribution in [0.3, 0.4) is 0 Å². The summed E-state index contributed by atoms with van der Waals surface area (Å²) >= 11 is 0. The maximum Gasteiger partial charge on any atom is 0.293 e. The first-order valence-electron chi connectivity index (χ1n) is 11.4. The van der Waals surface area contributed by atoms with Gasteiger partial charge in [0.15, 0.2) is 0 Å². The maximum atomic E-state index is 10.6. The fraction of sp³-hybridized carbons (Fsp3) is 0.320. The van der Waals surface area contributed by atoms with Crippen molar-refractivity contribution < 1.29 is 9.53 Å². The molecule has 0 unspecified atom stereocenters. The number of aromatic nitrogens is 6. The number of carbonyl (C=O) groups excluding carboxylic acids is 1. The molecule has 174 valence electrons. The van der Waals surface area contributed by atoms with Gasteiger partial charge in [0.2, 0.25) is 0 Å². The largest absolute Gasteiger partial charge is 0.463 e. The Bertz CT molecular complexity index is 1280. The number of aryl methyl sites for hydroxylation is 1. The zero-order valence-electron chi connectivity index (χ0n) is 19.4. The van der Waals surface area contributed by atoms with E-state index >= 15 is 0 Å². The second-order valence-corrected chi connectivity index (χ2v) is 8.63. The van der Waals surface area contributed by atoms with Gasteiger partial charge in [-0.1, -0.05) is 12.1 Å². The third-order valence-corrected chi connectivity index (χ3v) is 6.66. The molecule has 9 nitrogen and oxygen atoms in total. The molecule has 0 N–H and O–H groups in total. The van der Waals surface area contributed by atoms with E-state index in [9.17, 15) is 4.79 Å². The van der Waals surface area contributed by atoms with E-state index in [2.05, 4.69) is 51.5 Å².